The second-order valence-corrected chi connectivity index (χ2v) is 7.38. The van der Waals surface area contributed by atoms with Crippen molar-refractivity contribution in [3.63, 3.8) is 0 Å². The Morgan fingerprint density at radius 1 is 1.25 bits per heavy atom. The lowest BCUT2D eigenvalue weighted by molar-refractivity contribution is -0.127. The number of hydrogen-bond donors (Lipinski definition) is 2. The lowest BCUT2D eigenvalue weighted by Gasteiger charge is -2.27. The molecule has 2 saturated carbocycles. The van der Waals surface area contributed by atoms with Crippen LogP contribution in [0.5, 0.6) is 0 Å². The van der Waals surface area contributed by atoms with E-state index in [4.69, 9.17) is 5.73 Å². The normalized spacial score (nSPS) is 28.0. The van der Waals surface area contributed by atoms with Gasteiger partial charge in [-0.3, -0.25) is 9.59 Å². The molecule has 2 fully saturated rings. The molecule has 0 radical (unpaired) electrons. The first-order valence-corrected chi connectivity index (χ1v) is 8.81. The predicted molar refractivity (Wildman–Crippen MR) is 93.5 cm³/mol. The molecule has 2 bridgehead atoms. The summed E-state index contributed by atoms with van der Waals surface area (Å²) in [6.45, 7) is 0.582. The Labute approximate surface area is 143 Å². The van der Waals surface area contributed by atoms with Gasteiger partial charge in [0.1, 0.15) is 0 Å². The summed E-state index contributed by atoms with van der Waals surface area (Å²) in [6.07, 6.45) is 4.16. The first-order valence-electron chi connectivity index (χ1n) is 8.81. The summed E-state index contributed by atoms with van der Waals surface area (Å²) in [5.74, 6) is 1.11. The van der Waals surface area contributed by atoms with E-state index < -0.39 is 0 Å². The Balaban J connectivity index is 1.52. The number of nitrogens with one attached hydrogen (secondary N) is 1. The van der Waals surface area contributed by atoms with E-state index in [0.29, 0.717) is 23.9 Å². The molecule has 2 aliphatic carbocycles. The largest absolute Gasteiger partial charge is 0.355 e. The van der Waals surface area contributed by atoms with Crippen molar-refractivity contribution in [2.45, 2.75) is 31.7 Å². The van der Waals surface area contributed by atoms with Gasteiger partial charge in [0.05, 0.1) is 5.92 Å². The molecule has 4 atom stereocenters. The molecule has 0 saturated heterocycles. The number of hydrogen-bond acceptors (Lipinski definition) is 3. The fourth-order valence-corrected chi connectivity index (χ4v) is 4.29. The monoisotopic (exact) mass is 329 g/mol. The fraction of sp³-hybridized carbons (Fsp3) is 0.579. The van der Waals surface area contributed by atoms with Gasteiger partial charge in [-0.15, -0.1) is 0 Å². The molecule has 3 N–H and O–H groups in total. The van der Waals surface area contributed by atoms with E-state index in [-0.39, 0.29) is 23.8 Å². The van der Waals surface area contributed by atoms with Gasteiger partial charge in [-0.1, -0.05) is 12.1 Å². The summed E-state index contributed by atoms with van der Waals surface area (Å²) in [4.78, 5) is 26.0. The molecule has 4 unspecified atom stereocenters. The lowest BCUT2D eigenvalue weighted by atomic mass is 9.84. The molecular formula is C19H27N3O2. The van der Waals surface area contributed by atoms with Crippen molar-refractivity contribution in [1.82, 2.24) is 10.2 Å². The van der Waals surface area contributed by atoms with E-state index in [1.807, 2.05) is 24.3 Å². The zero-order chi connectivity index (χ0) is 17.3. The number of fused-ring (bicyclic) bond motifs is 2. The van der Waals surface area contributed by atoms with Crippen molar-refractivity contribution in [2.75, 3.05) is 20.6 Å². The summed E-state index contributed by atoms with van der Waals surface area (Å²) < 4.78 is 0. The van der Waals surface area contributed by atoms with Gasteiger partial charge in [-0.25, -0.2) is 0 Å². The average Bonchev–Trinajstić information content (AvgIpc) is 3.15. The first-order chi connectivity index (χ1) is 11.5. The second kappa shape index (κ2) is 6.93. The van der Waals surface area contributed by atoms with Crippen LogP contribution in [0.4, 0.5) is 0 Å². The maximum atomic E-state index is 12.4. The van der Waals surface area contributed by atoms with Crippen LogP contribution in [0, 0.1) is 17.8 Å². The van der Waals surface area contributed by atoms with Gasteiger partial charge in [0.25, 0.3) is 5.91 Å². The molecule has 3 rings (SSSR count). The van der Waals surface area contributed by atoms with Crippen molar-refractivity contribution in [2.24, 2.45) is 23.5 Å². The predicted octanol–water partition coefficient (Wildman–Crippen LogP) is 1.42. The van der Waals surface area contributed by atoms with Gasteiger partial charge < -0.3 is 16.0 Å². The van der Waals surface area contributed by atoms with Gasteiger partial charge in [-0.2, -0.15) is 0 Å². The van der Waals surface area contributed by atoms with E-state index in [1.165, 1.54) is 6.42 Å². The summed E-state index contributed by atoms with van der Waals surface area (Å²) in [5, 5.41) is 3.05. The molecule has 0 aromatic heterocycles. The van der Waals surface area contributed by atoms with Crippen LogP contribution in [0.25, 0.3) is 0 Å². The Kier molecular flexibility index (Phi) is 4.90. The van der Waals surface area contributed by atoms with Crippen LogP contribution in [0.15, 0.2) is 24.3 Å². The number of nitrogens with two attached hydrogens (primary N) is 1. The van der Waals surface area contributed by atoms with Crippen molar-refractivity contribution >= 4 is 11.8 Å². The molecular weight excluding hydrogens is 302 g/mol. The number of rotatable bonds is 5. The number of benzene rings is 1. The van der Waals surface area contributed by atoms with Crippen LogP contribution >= 0.6 is 0 Å². The Hall–Kier alpha value is -1.88. The highest BCUT2D eigenvalue weighted by molar-refractivity contribution is 5.94. The molecule has 1 aromatic carbocycles. The van der Waals surface area contributed by atoms with E-state index >= 15 is 0 Å². The number of carbonyl (C=O) groups excluding carboxylic acids is 2. The second-order valence-electron chi connectivity index (χ2n) is 7.38. The molecule has 24 heavy (non-hydrogen) atoms. The van der Waals surface area contributed by atoms with Crippen LogP contribution in [0.3, 0.4) is 0 Å². The number of carbonyl (C=O) groups is 2. The third kappa shape index (κ3) is 3.31. The highest BCUT2D eigenvalue weighted by Gasteiger charge is 2.48. The van der Waals surface area contributed by atoms with E-state index in [0.717, 1.165) is 24.8 Å². The van der Waals surface area contributed by atoms with E-state index in [9.17, 15) is 9.59 Å². The molecule has 5 heteroatoms. The van der Waals surface area contributed by atoms with E-state index in [2.05, 4.69) is 5.32 Å². The van der Waals surface area contributed by atoms with Crippen LogP contribution in [0.1, 0.15) is 35.2 Å². The van der Waals surface area contributed by atoms with Gasteiger partial charge in [-0.05, 0) is 55.2 Å². The number of amides is 2. The van der Waals surface area contributed by atoms with Gasteiger partial charge >= 0.3 is 0 Å². The standard InChI is InChI=1S/C19H27N3O2/c1-22(2)19(24)15-5-3-4-12(10-15)8-9-21-18(23)16-13-6-7-14(11-13)17(16)20/h3-5,10,13-14,16-17H,6-9,11,20H2,1-2H3,(H,21,23). The third-order valence-electron chi connectivity index (χ3n) is 5.58. The van der Waals surface area contributed by atoms with Crippen molar-refractivity contribution < 1.29 is 9.59 Å². The topological polar surface area (TPSA) is 75.4 Å². The summed E-state index contributed by atoms with van der Waals surface area (Å²) in [5.41, 5.74) is 7.96. The Morgan fingerprint density at radius 3 is 2.67 bits per heavy atom. The van der Waals surface area contributed by atoms with E-state index in [1.54, 1.807) is 19.0 Å². The summed E-state index contributed by atoms with van der Waals surface area (Å²) >= 11 is 0. The number of nitrogens with zero attached hydrogens (tertiary/aromatic N) is 1. The van der Waals surface area contributed by atoms with Crippen LogP contribution < -0.4 is 11.1 Å². The summed E-state index contributed by atoms with van der Waals surface area (Å²) in [7, 11) is 3.49. The van der Waals surface area contributed by atoms with Crippen molar-refractivity contribution in [1.29, 1.82) is 0 Å². The molecule has 2 aliphatic rings. The molecule has 5 nitrogen and oxygen atoms in total. The zero-order valence-electron chi connectivity index (χ0n) is 14.5. The molecule has 0 spiro atoms. The molecule has 2 amide bonds. The summed E-state index contributed by atoms with van der Waals surface area (Å²) in [6, 6.07) is 7.63. The smallest absolute Gasteiger partial charge is 0.253 e. The van der Waals surface area contributed by atoms with Crippen molar-refractivity contribution in [3.05, 3.63) is 35.4 Å². The quantitative estimate of drug-likeness (QED) is 0.858. The SMILES string of the molecule is CN(C)C(=O)c1cccc(CCNC(=O)C2C3CCC(C3)C2N)c1. The van der Waals surface area contributed by atoms with Crippen LogP contribution in [-0.4, -0.2) is 43.4 Å². The molecule has 1 aromatic rings. The fourth-order valence-electron chi connectivity index (χ4n) is 4.29. The third-order valence-corrected chi connectivity index (χ3v) is 5.58. The van der Waals surface area contributed by atoms with Crippen LogP contribution in [0.2, 0.25) is 0 Å². The Bertz CT molecular complexity index is 627. The van der Waals surface area contributed by atoms with Gasteiger partial charge in [0, 0.05) is 32.2 Å². The minimum absolute atomic E-state index is 0.00570. The highest BCUT2D eigenvalue weighted by atomic mass is 16.2. The lowest BCUT2D eigenvalue weighted by Crippen LogP contribution is -2.45. The van der Waals surface area contributed by atoms with Gasteiger partial charge in [0.15, 0.2) is 0 Å². The van der Waals surface area contributed by atoms with Crippen molar-refractivity contribution in [3.8, 4) is 0 Å². The molecule has 0 aliphatic heterocycles. The Morgan fingerprint density at radius 2 is 2.00 bits per heavy atom. The highest BCUT2D eigenvalue weighted by Crippen LogP contribution is 2.47. The molecule has 0 heterocycles. The average molecular weight is 329 g/mol. The zero-order valence-corrected chi connectivity index (χ0v) is 14.5. The minimum atomic E-state index is -0.00889. The maximum Gasteiger partial charge on any atom is 0.253 e. The minimum Gasteiger partial charge on any atom is -0.355 e. The molecule has 130 valence electrons. The maximum absolute atomic E-state index is 12.4. The van der Waals surface area contributed by atoms with Gasteiger partial charge in [0.2, 0.25) is 5.91 Å². The van der Waals surface area contributed by atoms with Crippen LogP contribution in [-0.2, 0) is 11.2 Å². The first kappa shape index (κ1) is 17.0.